The average Bonchev–Trinajstić information content (AvgIpc) is 2.22. The molecule has 94 valence electrons. The van der Waals surface area contributed by atoms with E-state index in [0.29, 0.717) is 13.0 Å². The number of nitrogens with zero attached hydrogens (tertiary/aromatic N) is 1. The van der Waals surface area contributed by atoms with Crippen LogP contribution in [0.25, 0.3) is 0 Å². The van der Waals surface area contributed by atoms with Crippen molar-refractivity contribution in [1.29, 1.82) is 0 Å². The number of carboxylic acid groups (broad SMARTS) is 2. The monoisotopic (exact) mass is 231 g/mol. The molecule has 0 fully saturated rings. The van der Waals surface area contributed by atoms with Crippen LogP contribution in [0.4, 0.5) is 0 Å². The van der Waals surface area contributed by atoms with Gasteiger partial charge in [-0.3, -0.25) is 14.5 Å². The summed E-state index contributed by atoms with van der Waals surface area (Å²) in [5.41, 5.74) is 0. The fourth-order valence-corrected chi connectivity index (χ4v) is 1.64. The van der Waals surface area contributed by atoms with Crippen LogP contribution < -0.4 is 0 Å². The van der Waals surface area contributed by atoms with Crippen LogP contribution in [0, 0.1) is 5.92 Å². The van der Waals surface area contributed by atoms with E-state index in [1.807, 2.05) is 13.8 Å². The van der Waals surface area contributed by atoms with E-state index in [0.717, 1.165) is 6.42 Å². The standard InChI is InChI=1S/C11H21NO4/c1-4-6-9(11(15)16)12(5-2)7-8(3)10(13)14/h8-9H,4-7H2,1-3H3,(H,13,14)(H,15,16). The Labute approximate surface area is 96.1 Å². The van der Waals surface area contributed by atoms with Crippen molar-refractivity contribution in [3.05, 3.63) is 0 Å². The van der Waals surface area contributed by atoms with Gasteiger partial charge in [0.25, 0.3) is 0 Å². The van der Waals surface area contributed by atoms with E-state index < -0.39 is 23.9 Å². The zero-order valence-electron chi connectivity index (χ0n) is 10.1. The van der Waals surface area contributed by atoms with E-state index in [1.165, 1.54) is 0 Å². The van der Waals surface area contributed by atoms with Gasteiger partial charge in [0.1, 0.15) is 6.04 Å². The van der Waals surface area contributed by atoms with E-state index in [9.17, 15) is 9.59 Å². The van der Waals surface area contributed by atoms with Gasteiger partial charge in [-0.1, -0.05) is 27.2 Å². The van der Waals surface area contributed by atoms with E-state index in [1.54, 1.807) is 11.8 Å². The van der Waals surface area contributed by atoms with Crippen molar-refractivity contribution in [3.8, 4) is 0 Å². The van der Waals surface area contributed by atoms with Crippen molar-refractivity contribution in [3.63, 3.8) is 0 Å². The van der Waals surface area contributed by atoms with Gasteiger partial charge in [0.2, 0.25) is 0 Å². The molecular formula is C11H21NO4. The predicted molar refractivity (Wildman–Crippen MR) is 60.4 cm³/mol. The second-order valence-corrected chi connectivity index (χ2v) is 3.97. The van der Waals surface area contributed by atoms with Crippen molar-refractivity contribution >= 4 is 11.9 Å². The minimum atomic E-state index is -0.890. The highest BCUT2D eigenvalue weighted by atomic mass is 16.4. The largest absolute Gasteiger partial charge is 0.481 e. The van der Waals surface area contributed by atoms with Crippen molar-refractivity contribution in [2.75, 3.05) is 13.1 Å². The molecule has 0 heterocycles. The number of likely N-dealkylation sites (N-methyl/N-ethyl adjacent to an activating group) is 1. The molecule has 0 rings (SSSR count). The highest BCUT2D eigenvalue weighted by molar-refractivity contribution is 5.74. The van der Waals surface area contributed by atoms with Gasteiger partial charge < -0.3 is 10.2 Å². The quantitative estimate of drug-likeness (QED) is 0.658. The van der Waals surface area contributed by atoms with Gasteiger partial charge in [-0.05, 0) is 13.0 Å². The number of aliphatic carboxylic acids is 2. The lowest BCUT2D eigenvalue weighted by Crippen LogP contribution is -2.44. The Morgan fingerprint density at radius 1 is 1.19 bits per heavy atom. The highest BCUT2D eigenvalue weighted by Gasteiger charge is 2.26. The molecule has 2 unspecified atom stereocenters. The molecule has 0 saturated carbocycles. The Morgan fingerprint density at radius 2 is 1.75 bits per heavy atom. The molecule has 0 aliphatic carbocycles. The lowest BCUT2D eigenvalue weighted by atomic mass is 10.1. The zero-order chi connectivity index (χ0) is 12.7. The molecule has 5 nitrogen and oxygen atoms in total. The first-order valence-electron chi connectivity index (χ1n) is 5.63. The number of carbonyl (C=O) groups is 2. The maximum Gasteiger partial charge on any atom is 0.320 e. The molecule has 0 spiro atoms. The molecule has 0 amide bonds. The first-order valence-corrected chi connectivity index (χ1v) is 5.63. The van der Waals surface area contributed by atoms with Gasteiger partial charge >= 0.3 is 11.9 Å². The van der Waals surface area contributed by atoms with Crippen molar-refractivity contribution < 1.29 is 19.8 Å². The van der Waals surface area contributed by atoms with Gasteiger partial charge in [-0.15, -0.1) is 0 Å². The summed E-state index contributed by atoms with van der Waals surface area (Å²) in [5, 5.41) is 17.9. The smallest absolute Gasteiger partial charge is 0.320 e. The van der Waals surface area contributed by atoms with Crippen molar-refractivity contribution in [2.24, 2.45) is 5.92 Å². The molecule has 0 radical (unpaired) electrons. The third kappa shape index (κ3) is 4.61. The van der Waals surface area contributed by atoms with Gasteiger partial charge in [-0.2, -0.15) is 0 Å². The van der Waals surface area contributed by atoms with Gasteiger partial charge in [0, 0.05) is 6.54 Å². The molecule has 0 aromatic heterocycles. The Morgan fingerprint density at radius 3 is 2.06 bits per heavy atom. The first kappa shape index (κ1) is 14.9. The van der Waals surface area contributed by atoms with Crippen LogP contribution in [-0.4, -0.2) is 46.2 Å². The molecule has 16 heavy (non-hydrogen) atoms. The van der Waals surface area contributed by atoms with E-state index in [4.69, 9.17) is 10.2 Å². The second-order valence-electron chi connectivity index (χ2n) is 3.97. The van der Waals surface area contributed by atoms with E-state index in [2.05, 4.69) is 0 Å². The molecule has 0 aromatic rings. The molecule has 0 aliphatic rings. The van der Waals surface area contributed by atoms with Crippen LogP contribution in [0.2, 0.25) is 0 Å². The first-order chi connectivity index (χ1) is 7.43. The van der Waals surface area contributed by atoms with Crippen LogP contribution in [0.3, 0.4) is 0 Å². The zero-order valence-corrected chi connectivity index (χ0v) is 10.1. The van der Waals surface area contributed by atoms with E-state index >= 15 is 0 Å². The Balaban J connectivity index is 4.54. The van der Waals surface area contributed by atoms with Gasteiger partial charge in [-0.25, -0.2) is 0 Å². The molecule has 0 aromatic carbocycles. The SMILES string of the molecule is CCCC(C(=O)O)N(CC)CC(C)C(=O)O. The Bertz CT molecular complexity index is 242. The van der Waals surface area contributed by atoms with Crippen LogP contribution >= 0.6 is 0 Å². The average molecular weight is 231 g/mol. The van der Waals surface area contributed by atoms with Crippen LogP contribution in [0.15, 0.2) is 0 Å². The minimum absolute atomic E-state index is 0.281. The maximum absolute atomic E-state index is 11.1. The third-order valence-electron chi connectivity index (χ3n) is 2.62. The molecular weight excluding hydrogens is 210 g/mol. The lowest BCUT2D eigenvalue weighted by molar-refractivity contribution is -0.147. The summed E-state index contributed by atoms with van der Waals surface area (Å²) in [5.74, 6) is -2.31. The number of hydrogen-bond donors (Lipinski definition) is 2. The third-order valence-corrected chi connectivity index (χ3v) is 2.62. The van der Waals surface area contributed by atoms with E-state index in [-0.39, 0.29) is 6.54 Å². The molecule has 2 atom stereocenters. The molecule has 0 aliphatic heterocycles. The number of carboxylic acids is 2. The summed E-state index contributed by atoms with van der Waals surface area (Å²) in [6.45, 7) is 6.19. The minimum Gasteiger partial charge on any atom is -0.481 e. The van der Waals surface area contributed by atoms with Crippen molar-refractivity contribution in [2.45, 2.75) is 39.7 Å². The topological polar surface area (TPSA) is 77.8 Å². The Kier molecular flexibility index (Phi) is 6.72. The number of hydrogen-bond acceptors (Lipinski definition) is 3. The fraction of sp³-hybridized carbons (Fsp3) is 0.818. The predicted octanol–water partition coefficient (Wildman–Crippen LogP) is 1.28. The molecule has 0 saturated heterocycles. The van der Waals surface area contributed by atoms with Crippen LogP contribution in [-0.2, 0) is 9.59 Å². The molecule has 0 bridgehead atoms. The summed E-state index contributed by atoms with van der Waals surface area (Å²) in [6.07, 6.45) is 1.32. The summed E-state index contributed by atoms with van der Waals surface area (Å²) in [4.78, 5) is 23.5. The Hall–Kier alpha value is -1.10. The highest BCUT2D eigenvalue weighted by Crippen LogP contribution is 2.10. The molecule has 2 N–H and O–H groups in total. The summed E-state index contributed by atoms with van der Waals surface area (Å²) >= 11 is 0. The second kappa shape index (κ2) is 7.22. The fourth-order valence-electron chi connectivity index (χ4n) is 1.64. The lowest BCUT2D eigenvalue weighted by Gasteiger charge is -2.28. The summed E-state index contributed by atoms with van der Waals surface area (Å²) in [6, 6.07) is -0.572. The van der Waals surface area contributed by atoms with Gasteiger partial charge in [0.05, 0.1) is 5.92 Å². The van der Waals surface area contributed by atoms with Crippen LogP contribution in [0.1, 0.15) is 33.6 Å². The number of rotatable bonds is 8. The summed E-state index contributed by atoms with van der Waals surface area (Å²) in [7, 11) is 0. The normalized spacial score (nSPS) is 14.8. The maximum atomic E-state index is 11.1. The van der Waals surface area contributed by atoms with Crippen molar-refractivity contribution in [1.82, 2.24) is 4.90 Å². The molecule has 5 heteroatoms. The summed E-state index contributed by atoms with van der Waals surface area (Å²) < 4.78 is 0. The van der Waals surface area contributed by atoms with Gasteiger partial charge in [0.15, 0.2) is 0 Å². The van der Waals surface area contributed by atoms with Crippen LogP contribution in [0.5, 0.6) is 0 Å².